The first-order valence-electron chi connectivity index (χ1n) is 9.22. The second-order valence-corrected chi connectivity index (χ2v) is 8.26. The van der Waals surface area contributed by atoms with Crippen molar-refractivity contribution < 1.29 is 17.9 Å². The third kappa shape index (κ3) is 5.48. The fourth-order valence-electron chi connectivity index (χ4n) is 2.66. The van der Waals surface area contributed by atoms with Crippen molar-refractivity contribution in [3.63, 3.8) is 0 Å². The predicted molar refractivity (Wildman–Crippen MR) is 119 cm³/mol. The summed E-state index contributed by atoms with van der Waals surface area (Å²) in [5.41, 5.74) is 2.23. The minimum Gasteiger partial charge on any atom is -0.489 e. The van der Waals surface area contributed by atoms with Crippen LogP contribution in [-0.4, -0.2) is 20.9 Å². The lowest BCUT2D eigenvalue weighted by Crippen LogP contribution is -2.16. The van der Waals surface area contributed by atoms with Crippen LogP contribution in [0, 0.1) is 6.92 Å². The summed E-state index contributed by atoms with van der Waals surface area (Å²) in [6.45, 7) is 5.87. The maximum absolute atomic E-state index is 12.7. The first-order valence-corrected chi connectivity index (χ1v) is 10.7. The number of aryl methyl sites for hydroxylation is 1. The van der Waals surface area contributed by atoms with Crippen molar-refractivity contribution in [1.82, 2.24) is 0 Å². The quantitative estimate of drug-likeness (QED) is 0.519. The normalized spacial score (nSPS) is 10.8. The zero-order chi connectivity index (χ0) is 21.6. The van der Waals surface area contributed by atoms with E-state index in [0.717, 1.165) is 5.56 Å². The molecule has 2 N–H and O–H groups in total. The predicted octanol–water partition coefficient (Wildman–Crippen LogP) is 4.61. The monoisotopic (exact) mass is 422 g/mol. The maximum Gasteiger partial charge on any atom is 0.261 e. The van der Waals surface area contributed by atoms with Gasteiger partial charge in [0, 0.05) is 23.0 Å². The van der Waals surface area contributed by atoms with Crippen LogP contribution in [-0.2, 0) is 10.0 Å². The van der Waals surface area contributed by atoms with Crippen LogP contribution >= 0.6 is 0 Å². The molecule has 0 bridgehead atoms. The molecule has 0 unspecified atom stereocenters. The summed E-state index contributed by atoms with van der Waals surface area (Å²) >= 11 is 0. The van der Waals surface area contributed by atoms with E-state index in [1.54, 1.807) is 48.5 Å². The Morgan fingerprint density at radius 1 is 1.00 bits per heavy atom. The Hall–Kier alpha value is -3.58. The van der Waals surface area contributed by atoms with E-state index in [1.165, 1.54) is 18.2 Å². The van der Waals surface area contributed by atoms with Gasteiger partial charge >= 0.3 is 0 Å². The van der Waals surface area contributed by atoms with Gasteiger partial charge in [0.05, 0.1) is 4.90 Å². The van der Waals surface area contributed by atoms with Crippen LogP contribution in [0.15, 0.2) is 90.3 Å². The highest BCUT2D eigenvalue weighted by molar-refractivity contribution is 7.92. The molecule has 3 aromatic carbocycles. The number of carbonyl (C=O) groups is 1. The molecule has 30 heavy (non-hydrogen) atoms. The second kappa shape index (κ2) is 9.28. The van der Waals surface area contributed by atoms with Gasteiger partial charge in [0.15, 0.2) is 0 Å². The number of rotatable bonds is 8. The summed E-state index contributed by atoms with van der Waals surface area (Å²) in [7, 11) is -3.83. The zero-order valence-electron chi connectivity index (χ0n) is 16.5. The molecule has 7 heteroatoms. The van der Waals surface area contributed by atoms with Crippen LogP contribution in [0.4, 0.5) is 11.4 Å². The fourth-order valence-corrected chi connectivity index (χ4v) is 3.77. The molecule has 1 amide bonds. The van der Waals surface area contributed by atoms with Gasteiger partial charge in [-0.2, -0.15) is 0 Å². The first kappa shape index (κ1) is 21.1. The van der Waals surface area contributed by atoms with Gasteiger partial charge in [-0.05, 0) is 49.4 Å². The molecule has 3 rings (SSSR count). The molecular weight excluding hydrogens is 400 g/mol. The number of ether oxygens (including phenoxy) is 1. The minimum absolute atomic E-state index is 0.00112. The van der Waals surface area contributed by atoms with Crippen molar-refractivity contribution in [2.75, 3.05) is 16.6 Å². The zero-order valence-corrected chi connectivity index (χ0v) is 17.3. The van der Waals surface area contributed by atoms with Gasteiger partial charge in [0.1, 0.15) is 12.4 Å². The summed E-state index contributed by atoms with van der Waals surface area (Å²) in [4.78, 5) is 12.6. The molecule has 0 aromatic heterocycles. The Balaban J connectivity index is 1.76. The van der Waals surface area contributed by atoms with Gasteiger partial charge in [-0.15, -0.1) is 0 Å². The molecule has 0 atom stereocenters. The Bertz CT molecular complexity index is 1160. The Morgan fingerprint density at radius 3 is 2.47 bits per heavy atom. The first-order chi connectivity index (χ1) is 14.4. The number of hydrogen-bond donors (Lipinski definition) is 2. The Labute approximate surface area is 176 Å². The topological polar surface area (TPSA) is 84.5 Å². The van der Waals surface area contributed by atoms with E-state index in [-0.39, 0.29) is 10.5 Å². The van der Waals surface area contributed by atoms with Crippen LogP contribution in [0.1, 0.15) is 15.9 Å². The highest BCUT2D eigenvalue weighted by Crippen LogP contribution is 2.20. The average molecular weight is 423 g/mol. The van der Waals surface area contributed by atoms with E-state index in [2.05, 4.69) is 16.6 Å². The lowest BCUT2D eigenvalue weighted by atomic mass is 10.2. The summed E-state index contributed by atoms with van der Waals surface area (Å²) in [6, 6.07) is 19.8. The van der Waals surface area contributed by atoms with Crippen LogP contribution in [0.5, 0.6) is 5.75 Å². The van der Waals surface area contributed by atoms with E-state index in [1.807, 2.05) is 19.1 Å². The largest absolute Gasteiger partial charge is 0.489 e. The van der Waals surface area contributed by atoms with Crippen LogP contribution in [0.25, 0.3) is 0 Å². The van der Waals surface area contributed by atoms with Crippen LogP contribution in [0.2, 0.25) is 0 Å². The Morgan fingerprint density at radius 2 is 1.73 bits per heavy atom. The third-order valence-corrected chi connectivity index (χ3v) is 5.55. The molecule has 0 fully saturated rings. The molecule has 0 spiro atoms. The van der Waals surface area contributed by atoms with Crippen molar-refractivity contribution in [1.29, 1.82) is 0 Å². The molecule has 3 aromatic rings. The lowest BCUT2D eigenvalue weighted by molar-refractivity contribution is 0.102. The number of anilines is 2. The van der Waals surface area contributed by atoms with Crippen molar-refractivity contribution in [3.8, 4) is 5.75 Å². The standard InChI is InChI=1S/C23H22N2O4S/c1-3-14-29-21-8-5-7-20(16-21)24-23(26)18-6-4-9-22(15-18)30(27,28)25-19-12-10-17(2)11-13-19/h3-13,15-16,25H,1,14H2,2H3,(H,24,26). The highest BCUT2D eigenvalue weighted by atomic mass is 32.2. The Kier molecular flexibility index (Phi) is 6.54. The molecular formula is C23H22N2O4S. The summed E-state index contributed by atoms with van der Waals surface area (Å²) < 4.78 is 33.4. The molecule has 0 saturated carbocycles. The smallest absolute Gasteiger partial charge is 0.261 e. The summed E-state index contributed by atoms with van der Waals surface area (Å²) in [5, 5.41) is 2.75. The van der Waals surface area contributed by atoms with Crippen molar-refractivity contribution in [3.05, 3.63) is 96.6 Å². The molecule has 0 aliphatic carbocycles. The number of nitrogens with one attached hydrogen (secondary N) is 2. The van der Waals surface area contributed by atoms with E-state index in [4.69, 9.17) is 4.74 Å². The minimum atomic E-state index is -3.83. The van der Waals surface area contributed by atoms with Gasteiger partial charge < -0.3 is 10.1 Å². The van der Waals surface area contributed by atoms with Crippen LogP contribution in [0.3, 0.4) is 0 Å². The second-order valence-electron chi connectivity index (χ2n) is 6.58. The van der Waals surface area contributed by atoms with Gasteiger partial charge in [-0.25, -0.2) is 8.42 Å². The molecule has 0 aliphatic heterocycles. The van der Waals surface area contributed by atoms with E-state index >= 15 is 0 Å². The SMILES string of the molecule is C=CCOc1cccc(NC(=O)c2cccc(S(=O)(=O)Nc3ccc(C)cc3)c2)c1. The number of amides is 1. The van der Waals surface area contributed by atoms with E-state index in [0.29, 0.717) is 23.7 Å². The molecule has 0 radical (unpaired) electrons. The van der Waals surface area contributed by atoms with Gasteiger partial charge in [0.2, 0.25) is 0 Å². The third-order valence-electron chi connectivity index (χ3n) is 4.17. The highest BCUT2D eigenvalue weighted by Gasteiger charge is 2.17. The number of carbonyl (C=O) groups excluding carboxylic acids is 1. The van der Waals surface area contributed by atoms with E-state index in [9.17, 15) is 13.2 Å². The average Bonchev–Trinajstić information content (AvgIpc) is 2.74. The van der Waals surface area contributed by atoms with E-state index < -0.39 is 15.9 Å². The lowest BCUT2D eigenvalue weighted by Gasteiger charge is -2.11. The number of hydrogen-bond acceptors (Lipinski definition) is 4. The van der Waals surface area contributed by atoms with Crippen molar-refractivity contribution >= 4 is 27.3 Å². The van der Waals surface area contributed by atoms with Crippen molar-refractivity contribution in [2.24, 2.45) is 0 Å². The maximum atomic E-state index is 12.7. The molecule has 154 valence electrons. The summed E-state index contributed by atoms with van der Waals surface area (Å²) in [6.07, 6.45) is 1.63. The molecule has 6 nitrogen and oxygen atoms in total. The number of sulfonamides is 1. The summed E-state index contributed by atoms with van der Waals surface area (Å²) in [5.74, 6) is 0.162. The van der Waals surface area contributed by atoms with Gasteiger partial charge in [-0.1, -0.05) is 42.5 Å². The van der Waals surface area contributed by atoms with Gasteiger partial charge in [0.25, 0.3) is 15.9 Å². The van der Waals surface area contributed by atoms with Gasteiger partial charge in [-0.3, -0.25) is 9.52 Å². The molecule has 0 aliphatic rings. The number of benzene rings is 3. The van der Waals surface area contributed by atoms with Crippen LogP contribution < -0.4 is 14.8 Å². The molecule has 0 heterocycles. The fraction of sp³-hybridized carbons (Fsp3) is 0.0870. The van der Waals surface area contributed by atoms with Crippen molar-refractivity contribution in [2.45, 2.75) is 11.8 Å². The molecule has 0 saturated heterocycles.